The van der Waals surface area contributed by atoms with E-state index in [1.54, 1.807) is 24.3 Å². The zero-order chi connectivity index (χ0) is 15.7. The second-order valence-electron chi connectivity index (χ2n) is 4.63. The normalized spacial score (nSPS) is 9.95. The lowest BCUT2D eigenvalue weighted by Crippen LogP contribution is -2.24. The second kappa shape index (κ2) is 8.73. The molecule has 6 nitrogen and oxygen atoms in total. The highest BCUT2D eigenvalue weighted by molar-refractivity contribution is 5.97. The summed E-state index contributed by atoms with van der Waals surface area (Å²) in [6.45, 7) is 2.57. The van der Waals surface area contributed by atoms with Crippen LogP contribution >= 0.6 is 0 Å². The molecule has 3 N–H and O–H groups in total. The number of amides is 2. The molecule has 0 atom stereocenters. The summed E-state index contributed by atoms with van der Waals surface area (Å²) >= 11 is 0. The van der Waals surface area contributed by atoms with Crippen molar-refractivity contribution in [2.45, 2.75) is 32.6 Å². The van der Waals surface area contributed by atoms with Crippen LogP contribution in [0.3, 0.4) is 0 Å². The minimum absolute atomic E-state index is 0.0348. The Morgan fingerprint density at radius 3 is 2.62 bits per heavy atom. The van der Waals surface area contributed by atoms with Gasteiger partial charge < -0.3 is 15.7 Å². The summed E-state index contributed by atoms with van der Waals surface area (Å²) in [7, 11) is 0. The standard InChI is InChI=1S/C15H20N2O4/c1-2-9-16-15(21)11-5-3-6-12(10-11)17-13(18)7-4-8-14(19)20/h3,5-6,10H,2,4,7-9H2,1H3,(H,16,21)(H,17,18)(H,19,20). The van der Waals surface area contributed by atoms with Crippen molar-refractivity contribution in [2.75, 3.05) is 11.9 Å². The summed E-state index contributed by atoms with van der Waals surface area (Å²) in [5.74, 6) is -1.36. The molecule has 0 bridgehead atoms. The van der Waals surface area contributed by atoms with Crippen LogP contribution in [0.25, 0.3) is 0 Å². The zero-order valence-corrected chi connectivity index (χ0v) is 12.0. The fourth-order valence-corrected chi connectivity index (χ4v) is 1.70. The first-order valence-corrected chi connectivity index (χ1v) is 6.93. The molecule has 1 aromatic carbocycles. The number of carboxylic acid groups (broad SMARTS) is 1. The Morgan fingerprint density at radius 1 is 1.19 bits per heavy atom. The second-order valence-corrected chi connectivity index (χ2v) is 4.63. The fourth-order valence-electron chi connectivity index (χ4n) is 1.70. The van der Waals surface area contributed by atoms with E-state index >= 15 is 0 Å². The summed E-state index contributed by atoms with van der Waals surface area (Å²) in [6, 6.07) is 6.64. The minimum Gasteiger partial charge on any atom is -0.481 e. The van der Waals surface area contributed by atoms with Crippen LogP contribution in [-0.4, -0.2) is 29.4 Å². The topological polar surface area (TPSA) is 95.5 Å². The van der Waals surface area contributed by atoms with Gasteiger partial charge in [-0.3, -0.25) is 14.4 Å². The molecule has 0 spiro atoms. The van der Waals surface area contributed by atoms with Crippen molar-refractivity contribution in [1.29, 1.82) is 0 Å². The van der Waals surface area contributed by atoms with Gasteiger partial charge in [0.1, 0.15) is 0 Å². The lowest BCUT2D eigenvalue weighted by Gasteiger charge is -2.07. The van der Waals surface area contributed by atoms with Gasteiger partial charge in [-0.15, -0.1) is 0 Å². The predicted molar refractivity (Wildman–Crippen MR) is 79.2 cm³/mol. The number of aliphatic carboxylic acids is 1. The third-order valence-corrected chi connectivity index (χ3v) is 2.74. The van der Waals surface area contributed by atoms with E-state index in [2.05, 4.69) is 10.6 Å². The number of carbonyl (C=O) groups is 3. The summed E-state index contributed by atoms with van der Waals surface area (Å²) in [6.07, 6.45) is 1.25. The number of anilines is 1. The summed E-state index contributed by atoms with van der Waals surface area (Å²) in [4.78, 5) is 33.8. The van der Waals surface area contributed by atoms with E-state index in [9.17, 15) is 14.4 Å². The molecule has 0 saturated carbocycles. The van der Waals surface area contributed by atoms with Crippen molar-refractivity contribution in [1.82, 2.24) is 5.32 Å². The van der Waals surface area contributed by atoms with Crippen molar-refractivity contribution in [3.63, 3.8) is 0 Å². The number of carboxylic acids is 1. The van der Waals surface area contributed by atoms with Gasteiger partial charge in [0.25, 0.3) is 5.91 Å². The number of nitrogens with one attached hydrogen (secondary N) is 2. The molecule has 0 unspecified atom stereocenters. The maximum atomic E-state index is 11.8. The molecule has 0 saturated heterocycles. The number of hydrogen-bond acceptors (Lipinski definition) is 3. The zero-order valence-electron chi connectivity index (χ0n) is 12.0. The maximum Gasteiger partial charge on any atom is 0.303 e. The molecule has 0 aliphatic rings. The van der Waals surface area contributed by atoms with Crippen molar-refractivity contribution >= 4 is 23.5 Å². The highest BCUT2D eigenvalue weighted by atomic mass is 16.4. The van der Waals surface area contributed by atoms with Crippen LogP contribution in [0.5, 0.6) is 0 Å². The quantitative estimate of drug-likeness (QED) is 0.683. The van der Waals surface area contributed by atoms with Gasteiger partial charge in [-0.2, -0.15) is 0 Å². The summed E-state index contributed by atoms with van der Waals surface area (Å²) in [5.41, 5.74) is 1.01. The largest absolute Gasteiger partial charge is 0.481 e. The van der Waals surface area contributed by atoms with Crippen molar-refractivity contribution in [3.8, 4) is 0 Å². The summed E-state index contributed by atoms with van der Waals surface area (Å²) < 4.78 is 0. The Hall–Kier alpha value is -2.37. The number of hydrogen-bond donors (Lipinski definition) is 3. The molecule has 0 radical (unpaired) electrons. The number of benzene rings is 1. The van der Waals surface area contributed by atoms with Crippen LogP contribution in [0.15, 0.2) is 24.3 Å². The van der Waals surface area contributed by atoms with Crippen LogP contribution in [0, 0.1) is 0 Å². The molecule has 0 fully saturated rings. The van der Waals surface area contributed by atoms with Gasteiger partial charge in [0.15, 0.2) is 0 Å². The lowest BCUT2D eigenvalue weighted by atomic mass is 10.1. The molecule has 0 aromatic heterocycles. The van der Waals surface area contributed by atoms with E-state index in [0.717, 1.165) is 6.42 Å². The van der Waals surface area contributed by atoms with E-state index < -0.39 is 5.97 Å². The van der Waals surface area contributed by atoms with E-state index in [1.807, 2.05) is 6.92 Å². The van der Waals surface area contributed by atoms with Gasteiger partial charge >= 0.3 is 5.97 Å². The van der Waals surface area contributed by atoms with Crippen molar-refractivity contribution < 1.29 is 19.5 Å². The lowest BCUT2D eigenvalue weighted by molar-refractivity contribution is -0.137. The summed E-state index contributed by atoms with van der Waals surface area (Å²) in [5, 5.41) is 13.9. The van der Waals surface area contributed by atoms with Crippen LogP contribution in [0.4, 0.5) is 5.69 Å². The van der Waals surface area contributed by atoms with Gasteiger partial charge in [0.05, 0.1) is 0 Å². The Labute approximate surface area is 123 Å². The van der Waals surface area contributed by atoms with Gasteiger partial charge in [-0.05, 0) is 31.0 Å². The number of rotatable bonds is 8. The molecular weight excluding hydrogens is 272 g/mol. The molecule has 0 heterocycles. The van der Waals surface area contributed by atoms with Crippen LogP contribution < -0.4 is 10.6 Å². The molecule has 6 heteroatoms. The molecule has 2 amide bonds. The third-order valence-electron chi connectivity index (χ3n) is 2.74. The monoisotopic (exact) mass is 292 g/mol. The molecular formula is C15H20N2O4. The maximum absolute atomic E-state index is 11.8. The first-order chi connectivity index (χ1) is 10.0. The molecule has 114 valence electrons. The number of carbonyl (C=O) groups excluding carboxylic acids is 2. The minimum atomic E-state index is -0.919. The fraction of sp³-hybridized carbons (Fsp3) is 0.400. The third kappa shape index (κ3) is 6.56. The SMILES string of the molecule is CCCNC(=O)c1cccc(NC(=O)CCCC(=O)O)c1. The van der Waals surface area contributed by atoms with Crippen LogP contribution in [0.1, 0.15) is 43.0 Å². The first kappa shape index (κ1) is 16.7. The highest BCUT2D eigenvalue weighted by Gasteiger charge is 2.08. The molecule has 1 aromatic rings. The van der Waals surface area contributed by atoms with E-state index in [4.69, 9.17) is 5.11 Å². The predicted octanol–water partition coefficient (Wildman–Crippen LogP) is 2.02. The van der Waals surface area contributed by atoms with Crippen LogP contribution in [-0.2, 0) is 9.59 Å². The molecule has 0 aliphatic heterocycles. The van der Waals surface area contributed by atoms with E-state index in [0.29, 0.717) is 17.8 Å². The van der Waals surface area contributed by atoms with E-state index in [-0.39, 0.29) is 31.1 Å². The van der Waals surface area contributed by atoms with Gasteiger partial charge in [0, 0.05) is 30.6 Å². The van der Waals surface area contributed by atoms with Gasteiger partial charge in [-0.1, -0.05) is 13.0 Å². The van der Waals surface area contributed by atoms with Gasteiger partial charge in [0.2, 0.25) is 5.91 Å². The molecule has 0 aliphatic carbocycles. The highest BCUT2D eigenvalue weighted by Crippen LogP contribution is 2.11. The first-order valence-electron chi connectivity index (χ1n) is 6.93. The van der Waals surface area contributed by atoms with Crippen LogP contribution in [0.2, 0.25) is 0 Å². The Bertz CT molecular complexity index is 514. The molecule has 1 rings (SSSR count). The van der Waals surface area contributed by atoms with Gasteiger partial charge in [-0.25, -0.2) is 0 Å². The molecule has 21 heavy (non-hydrogen) atoms. The Kier molecular flexibility index (Phi) is 6.94. The Morgan fingerprint density at radius 2 is 1.95 bits per heavy atom. The average Bonchev–Trinajstić information content (AvgIpc) is 2.44. The van der Waals surface area contributed by atoms with Crippen molar-refractivity contribution in [3.05, 3.63) is 29.8 Å². The average molecular weight is 292 g/mol. The van der Waals surface area contributed by atoms with E-state index in [1.165, 1.54) is 0 Å². The smallest absolute Gasteiger partial charge is 0.303 e. The van der Waals surface area contributed by atoms with Crippen molar-refractivity contribution in [2.24, 2.45) is 0 Å². The Balaban J connectivity index is 2.53.